The van der Waals surface area contributed by atoms with Crippen LogP contribution in [0.4, 0.5) is 0 Å². The Morgan fingerprint density at radius 1 is 1.32 bits per heavy atom. The van der Waals surface area contributed by atoms with E-state index < -0.39 is 16.2 Å². The monoisotopic (exact) mass is 286 g/mol. The van der Waals surface area contributed by atoms with Gasteiger partial charge in [-0.25, -0.2) is 0 Å². The van der Waals surface area contributed by atoms with Crippen LogP contribution in [0.25, 0.3) is 0 Å². The van der Waals surface area contributed by atoms with Gasteiger partial charge in [-0.2, -0.15) is 8.42 Å². The van der Waals surface area contributed by atoms with Gasteiger partial charge in [0, 0.05) is 0 Å². The zero-order valence-electron chi connectivity index (χ0n) is 11.1. The predicted octanol–water partition coefficient (Wildman–Crippen LogP) is 2.10. The van der Waals surface area contributed by atoms with E-state index in [0.717, 1.165) is 11.3 Å². The molecule has 0 aromatic heterocycles. The van der Waals surface area contributed by atoms with E-state index in [4.69, 9.17) is 13.7 Å². The molecule has 6 heteroatoms. The number of hydrogen-bond acceptors (Lipinski definition) is 5. The molecular weight excluding hydrogens is 268 g/mol. The zero-order valence-corrected chi connectivity index (χ0v) is 11.9. The van der Waals surface area contributed by atoms with Gasteiger partial charge in [-0.1, -0.05) is 13.0 Å². The number of rotatable bonds is 6. The molecule has 0 radical (unpaired) electrons. The maximum Gasteiger partial charge on any atom is 0.267 e. The van der Waals surface area contributed by atoms with Gasteiger partial charge in [-0.3, -0.25) is 4.18 Å². The highest BCUT2D eigenvalue weighted by Gasteiger charge is 2.18. The molecule has 1 heterocycles. The van der Waals surface area contributed by atoms with Crippen LogP contribution in [0, 0.1) is 0 Å². The van der Waals surface area contributed by atoms with Crippen molar-refractivity contribution in [2.75, 3.05) is 12.5 Å². The van der Waals surface area contributed by atoms with E-state index in [2.05, 4.69) is 0 Å². The Bertz CT molecular complexity index is 538. The fourth-order valence-corrected chi connectivity index (χ4v) is 3.15. The lowest BCUT2D eigenvalue weighted by atomic mass is 10.1. The summed E-state index contributed by atoms with van der Waals surface area (Å²) in [7, 11) is -3.42. The minimum Gasteiger partial charge on any atom is -0.454 e. The second-order valence-electron chi connectivity index (χ2n) is 4.56. The quantitative estimate of drug-likeness (QED) is 0.749. The van der Waals surface area contributed by atoms with E-state index >= 15 is 0 Å². The summed E-state index contributed by atoms with van der Waals surface area (Å²) < 4.78 is 38.7. The van der Waals surface area contributed by atoms with Gasteiger partial charge in [0.2, 0.25) is 6.79 Å². The Hall–Kier alpha value is -1.27. The standard InChI is InChI=1S/C13H18O5S/c1-3-6-19(14,15)18-10(2)7-11-4-5-12-13(8-11)17-9-16-12/h4-5,8,10H,3,6-7,9H2,1-2H3/t10-/m0/s1. The molecular formula is C13H18O5S. The SMILES string of the molecule is CCCS(=O)(=O)O[C@@H](C)Cc1ccc2c(c1)OCO2. The molecule has 0 fully saturated rings. The second kappa shape index (κ2) is 5.79. The van der Waals surface area contributed by atoms with Crippen LogP contribution in [0.15, 0.2) is 18.2 Å². The highest BCUT2D eigenvalue weighted by Crippen LogP contribution is 2.32. The molecule has 0 aliphatic carbocycles. The van der Waals surface area contributed by atoms with E-state index in [9.17, 15) is 8.42 Å². The van der Waals surface area contributed by atoms with Crippen LogP contribution < -0.4 is 9.47 Å². The summed E-state index contributed by atoms with van der Waals surface area (Å²) in [5, 5.41) is 0. The lowest BCUT2D eigenvalue weighted by Crippen LogP contribution is -2.19. The summed E-state index contributed by atoms with van der Waals surface area (Å²) in [6, 6.07) is 5.57. The van der Waals surface area contributed by atoms with Crippen molar-refractivity contribution < 1.29 is 22.1 Å². The Balaban J connectivity index is 1.97. The summed E-state index contributed by atoms with van der Waals surface area (Å²) in [5.41, 5.74) is 0.962. The lowest BCUT2D eigenvalue weighted by molar-refractivity contribution is 0.174. The van der Waals surface area contributed by atoms with Gasteiger partial charge >= 0.3 is 0 Å². The molecule has 5 nitrogen and oxygen atoms in total. The molecule has 0 saturated heterocycles. The van der Waals surface area contributed by atoms with Gasteiger partial charge in [-0.05, 0) is 37.5 Å². The van der Waals surface area contributed by atoms with E-state index in [-0.39, 0.29) is 12.5 Å². The third-order valence-electron chi connectivity index (χ3n) is 2.73. The summed E-state index contributed by atoms with van der Waals surface area (Å²) in [6.45, 7) is 3.79. The second-order valence-corrected chi connectivity index (χ2v) is 6.28. The van der Waals surface area contributed by atoms with E-state index in [1.54, 1.807) is 6.92 Å². The molecule has 106 valence electrons. The summed E-state index contributed by atoms with van der Waals surface area (Å²) in [6.07, 6.45) is 0.676. The Morgan fingerprint density at radius 2 is 2.05 bits per heavy atom. The molecule has 1 aromatic carbocycles. The minimum atomic E-state index is -3.42. The van der Waals surface area contributed by atoms with Crippen LogP contribution in [-0.2, 0) is 20.7 Å². The zero-order chi connectivity index (χ0) is 13.9. The molecule has 1 aliphatic rings. The molecule has 0 amide bonds. The van der Waals surface area contributed by atoms with Gasteiger partial charge in [0.05, 0.1) is 11.9 Å². The van der Waals surface area contributed by atoms with Gasteiger partial charge in [0.1, 0.15) is 0 Å². The molecule has 0 spiro atoms. The average Bonchev–Trinajstić information content (AvgIpc) is 2.74. The summed E-state index contributed by atoms with van der Waals surface area (Å²) in [4.78, 5) is 0. The topological polar surface area (TPSA) is 61.8 Å². The molecule has 19 heavy (non-hydrogen) atoms. The van der Waals surface area contributed by atoms with Gasteiger partial charge in [0.25, 0.3) is 10.1 Å². The van der Waals surface area contributed by atoms with E-state index in [1.807, 2.05) is 25.1 Å². The van der Waals surface area contributed by atoms with Crippen molar-refractivity contribution >= 4 is 10.1 Å². The molecule has 0 saturated carbocycles. The van der Waals surface area contributed by atoms with Gasteiger partial charge < -0.3 is 9.47 Å². The normalized spacial score (nSPS) is 15.5. The first-order chi connectivity index (χ1) is 9.00. The fraction of sp³-hybridized carbons (Fsp3) is 0.538. The first kappa shape index (κ1) is 14.1. The molecule has 0 bridgehead atoms. The van der Waals surface area contributed by atoms with E-state index in [0.29, 0.717) is 18.6 Å². The van der Waals surface area contributed by atoms with Gasteiger partial charge in [-0.15, -0.1) is 0 Å². The summed E-state index contributed by atoms with van der Waals surface area (Å²) in [5.74, 6) is 1.47. The lowest BCUT2D eigenvalue weighted by Gasteiger charge is -2.13. The van der Waals surface area contributed by atoms with Crippen molar-refractivity contribution in [2.45, 2.75) is 32.8 Å². The van der Waals surface area contributed by atoms with Crippen LogP contribution in [0.5, 0.6) is 11.5 Å². The van der Waals surface area contributed by atoms with E-state index in [1.165, 1.54) is 0 Å². The number of fused-ring (bicyclic) bond motifs is 1. The Labute approximate surface area is 113 Å². The van der Waals surface area contributed by atoms with Crippen molar-refractivity contribution in [3.63, 3.8) is 0 Å². The molecule has 2 rings (SSSR count). The highest BCUT2D eigenvalue weighted by molar-refractivity contribution is 7.86. The van der Waals surface area contributed by atoms with Crippen LogP contribution in [0.1, 0.15) is 25.8 Å². The van der Waals surface area contributed by atoms with Crippen LogP contribution >= 0.6 is 0 Å². The minimum absolute atomic E-state index is 0.0540. The Morgan fingerprint density at radius 3 is 2.79 bits per heavy atom. The average molecular weight is 286 g/mol. The molecule has 0 N–H and O–H groups in total. The van der Waals surface area contributed by atoms with Crippen molar-refractivity contribution in [1.29, 1.82) is 0 Å². The fourth-order valence-electron chi connectivity index (χ4n) is 1.98. The smallest absolute Gasteiger partial charge is 0.267 e. The first-order valence-corrected chi connectivity index (χ1v) is 7.87. The maximum absolute atomic E-state index is 11.6. The third-order valence-corrected chi connectivity index (χ3v) is 4.26. The van der Waals surface area contributed by atoms with Crippen molar-refractivity contribution in [2.24, 2.45) is 0 Å². The Kier molecular flexibility index (Phi) is 4.31. The first-order valence-electron chi connectivity index (χ1n) is 6.29. The van der Waals surface area contributed by atoms with Gasteiger partial charge in [0.15, 0.2) is 11.5 Å². The third kappa shape index (κ3) is 3.84. The molecule has 1 aliphatic heterocycles. The number of benzene rings is 1. The summed E-state index contributed by atoms with van der Waals surface area (Å²) >= 11 is 0. The largest absolute Gasteiger partial charge is 0.454 e. The van der Waals surface area contributed by atoms with Crippen molar-refractivity contribution in [3.8, 4) is 11.5 Å². The van der Waals surface area contributed by atoms with Crippen LogP contribution in [0.2, 0.25) is 0 Å². The van der Waals surface area contributed by atoms with Crippen molar-refractivity contribution in [1.82, 2.24) is 0 Å². The number of hydrogen-bond donors (Lipinski definition) is 0. The maximum atomic E-state index is 11.6. The number of ether oxygens (including phenoxy) is 2. The predicted molar refractivity (Wildman–Crippen MR) is 70.9 cm³/mol. The molecule has 1 aromatic rings. The van der Waals surface area contributed by atoms with Crippen LogP contribution in [0.3, 0.4) is 0 Å². The molecule has 0 unspecified atom stereocenters. The highest BCUT2D eigenvalue weighted by atomic mass is 32.2. The van der Waals surface area contributed by atoms with Crippen LogP contribution in [-0.4, -0.2) is 27.1 Å². The molecule has 1 atom stereocenters. The van der Waals surface area contributed by atoms with Crippen molar-refractivity contribution in [3.05, 3.63) is 23.8 Å².